The molecule has 2 amide bonds. The van der Waals surface area contributed by atoms with Crippen molar-refractivity contribution in [1.29, 1.82) is 0 Å². The molecule has 1 aliphatic carbocycles. The first-order valence-corrected chi connectivity index (χ1v) is 10.8. The molecule has 0 bridgehead atoms. The van der Waals surface area contributed by atoms with Gasteiger partial charge < -0.3 is 25.8 Å². The second kappa shape index (κ2) is 11.5. The van der Waals surface area contributed by atoms with Crippen LogP contribution in [0.5, 0.6) is 0 Å². The molecule has 174 valence electrons. The van der Waals surface area contributed by atoms with E-state index in [2.05, 4.69) is 26.6 Å². The number of carbonyl (C=O) groups is 1. The predicted molar refractivity (Wildman–Crippen MR) is 110 cm³/mol. The Labute approximate surface area is 177 Å². The van der Waals surface area contributed by atoms with Gasteiger partial charge in [-0.1, -0.05) is 6.42 Å². The molecule has 8 nitrogen and oxygen atoms in total. The lowest BCUT2D eigenvalue weighted by molar-refractivity contribution is -0.183. The molecule has 0 aromatic heterocycles. The molecular weight excluding hydrogens is 400 g/mol. The molecule has 0 radical (unpaired) electrons. The van der Waals surface area contributed by atoms with E-state index in [9.17, 15) is 23.0 Å². The zero-order chi connectivity index (χ0) is 22.3. The summed E-state index contributed by atoms with van der Waals surface area (Å²) in [4.78, 5) is 14.2. The number of alkyl halides is 3. The van der Waals surface area contributed by atoms with Gasteiger partial charge in [-0.3, -0.25) is 10.6 Å². The minimum absolute atomic E-state index is 0.00676. The Hall–Kier alpha value is -1.08. The molecule has 0 aromatic rings. The van der Waals surface area contributed by atoms with E-state index in [1.807, 2.05) is 18.8 Å². The maximum absolute atomic E-state index is 13.0. The SMILES string of the molecule is CB(O)N(C)CCCNC1CC(C)NC(NC(=O)NC2CCCC(C(F)(F)F)C2)N1. The Kier molecular flexibility index (Phi) is 9.67. The molecule has 2 fully saturated rings. The van der Waals surface area contributed by atoms with Gasteiger partial charge in [-0.05, 0) is 66.0 Å². The minimum atomic E-state index is -4.21. The standard InChI is InChI=1S/C18H36BF3N6O2/c1-12-10-15(23-8-5-9-28(3)19(2)30)26-16(24-12)27-17(29)25-14-7-4-6-13(11-14)18(20,21)22/h12-16,23-24,26,30H,4-11H2,1-3H3,(H2,25,27,29). The van der Waals surface area contributed by atoms with Crippen molar-refractivity contribution in [2.75, 3.05) is 20.1 Å². The monoisotopic (exact) mass is 436 g/mol. The molecule has 1 saturated carbocycles. The molecule has 2 rings (SSSR count). The Balaban J connectivity index is 1.72. The number of nitrogens with zero attached hydrogens (tertiary/aromatic N) is 1. The molecule has 1 aliphatic heterocycles. The molecule has 0 aromatic carbocycles. The van der Waals surface area contributed by atoms with E-state index >= 15 is 0 Å². The Bertz CT molecular complexity index is 543. The number of nitrogens with one attached hydrogen (secondary N) is 5. The third-order valence-corrected chi connectivity index (χ3v) is 5.87. The Morgan fingerprint density at radius 3 is 2.63 bits per heavy atom. The first-order chi connectivity index (χ1) is 14.0. The summed E-state index contributed by atoms with van der Waals surface area (Å²) >= 11 is 0. The first kappa shape index (κ1) is 25.2. The number of hydrogen-bond donors (Lipinski definition) is 6. The molecule has 12 heteroatoms. The summed E-state index contributed by atoms with van der Waals surface area (Å²) in [5, 5.41) is 24.8. The molecule has 1 saturated heterocycles. The van der Waals surface area contributed by atoms with Crippen LogP contribution < -0.4 is 26.6 Å². The molecular formula is C18H36BF3N6O2. The zero-order valence-corrected chi connectivity index (χ0v) is 18.1. The van der Waals surface area contributed by atoms with Crippen molar-refractivity contribution in [3.05, 3.63) is 0 Å². The Morgan fingerprint density at radius 2 is 1.97 bits per heavy atom. The van der Waals surface area contributed by atoms with Gasteiger partial charge in [-0.25, -0.2) is 4.79 Å². The number of rotatable bonds is 8. The maximum atomic E-state index is 13.0. The fourth-order valence-electron chi connectivity index (χ4n) is 4.02. The van der Waals surface area contributed by atoms with Crippen molar-refractivity contribution < 1.29 is 23.0 Å². The van der Waals surface area contributed by atoms with Crippen LogP contribution in [0.4, 0.5) is 18.0 Å². The van der Waals surface area contributed by atoms with Crippen LogP contribution in [-0.2, 0) is 0 Å². The predicted octanol–water partition coefficient (Wildman–Crippen LogP) is 1.01. The zero-order valence-electron chi connectivity index (χ0n) is 18.1. The van der Waals surface area contributed by atoms with Gasteiger partial charge in [-0.2, -0.15) is 13.2 Å². The number of halogens is 3. The molecule has 2 aliphatic rings. The highest BCUT2D eigenvalue weighted by molar-refractivity contribution is 6.45. The molecule has 1 heterocycles. The van der Waals surface area contributed by atoms with Crippen molar-refractivity contribution in [3.63, 3.8) is 0 Å². The van der Waals surface area contributed by atoms with E-state index in [0.29, 0.717) is 12.8 Å². The van der Waals surface area contributed by atoms with E-state index in [0.717, 1.165) is 25.9 Å². The maximum Gasteiger partial charge on any atom is 0.391 e. The number of amides is 2. The van der Waals surface area contributed by atoms with Crippen LogP contribution in [0.1, 0.15) is 45.4 Å². The Morgan fingerprint density at radius 1 is 1.23 bits per heavy atom. The van der Waals surface area contributed by atoms with Crippen LogP contribution in [0.15, 0.2) is 0 Å². The van der Waals surface area contributed by atoms with E-state index in [4.69, 9.17) is 0 Å². The van der Waals surface area contributed by atoms with Crippen LogP contribution in [0.3, 0.4) is 0 Å². The summed E-state index contributed by atoms with van der Waals surface area (Å²) in [6.07, 6.45) is -1.92. The highest BCUT2D eigenvalue weighted by atomic mass is 19.4. The lowest BCUT2D eigenvalue weighted by Crippen LogP contribution is -2.68. The van der Waals surface area contributed by atoms with E-state index in [1.54, 1.807) is 6.82 Å². The van der Waals surface area contributed by atoms with E-state index < -0.39 is 37.5 Å². The molecule has 6 N–H and O–H groups in total. The summed E-state index contributed by atoms with van der Waals surface area (Å²) < 4.78 is 38.9. The molecule has 5 unspecified atom stereocenters. The number of urea groups is 1. The second-order valence-electron chi connectivity index (χ2n) is 8.60. The van der Waals surface area contributed by atoms with Gasteiger partial charge in [0.05, 0.1) is 12.1 Å². The molecule has 5 atom stereocenters. The van der Waals surface area contributed by atoms with Gasteiger partial charge in [0.15, 0.2) is 0 Å². The van der Waals surface area contributed by atoms with Gasteiger partial charge in [0.1, 0.15) is 6.29 Å². The van der Waals surface area contributed by atoms with Crippen LogP contribution in [0.25, 0.3) is 0 Å². The third-order valence-electron chi connectivity index (χ3n) is 5.87. The van der Waals surface area contributed by atoms with Crippen molar-refractivity contribution in [3.8, 4) is 0 Å². The average Bonchev–Trinajstić information content (AvgIpc) is 2.64. The van der Waals surface area contributed by atoms with Crippen molar-refractivity contribution in [2.24, 2.45) is 5.92 Å². The van der Waals surface area contributed by atoms with Crippen molar-refractivity contribution >= 4 is 13.1 Å². The number of hydrogen-bond acceptors (Lipinski definition) is 6. The second-order valence-corrected chi connectivity index (χ2v) is 8.60. The van der Waals surface area contributed by atoms with Gasteiger partial charge in [-0.15, -0.1) is 0 Å². The number of carbonyl (C=O) groups excluding carboxylic acids is 1. The quantitative estimate of drug-likeness (QED) is 0.251. The lowest BCUT2D eigenvalue weighted by atomic mass is 9.85. The summed E-state index contributed by atoms with van der Waals surface area (Å²) in [5.74, 6) is -1.34. The molecule has 30 heavy (non-hydrogen) atoms. The smallest absolute Gasteiger partial charge is 0.391 e. The highest BCUT2D eigenvalue weighted by Crippen LogP contribution is 2.37. The fourth-order valence-corrected chi connectivity index (χ4v) is 4.02. The third kappa shape index (κ3) is 8.58. The fraction of sp³-hybridized carbons (Fsp3) is 0.944. The topological polar surface area (TPSA) is 101 Å². The van der Waals surface area contributed by atoms with Crippen LogP contribution in [0, 0.1) is 5.92 Å². The van der Waals surface area contributed by atoms with Gasteiger partial charge in [0.25, 0.3) is 0 Å². The van der Waals surface area contributed by atoms with Gasteiger partial charge in [0.2, 0.25) is 0 Å². The van der Waals surface area contributed by atoms with Crippen molar-refractivity contribution in [2.45, 2.75) is 83.0 Å². The van der Waals surface area contributed by atoms with Gasteiger partial charge >= 0.3 is 19.3 Å². The largest absolute Gasteiger partial charge is 0.437 e. The van der Waals surface area contributed by atoms with Crippen LogP contribution in [-0.4, -0.2) is 73.8 Å². The normalized spacial score (nSPS) is 30.2. The van der Waals surface area contributed by atoms with Crippen LogP contribution in [0.2, 0.25) is 6.82 Å². The summed E-state index contributed by atoms with van der Waals surface area (Å²) in [6.45, 7) is 5.25. The van der Waals surface area contributed by atoms with Gasteiger partial charge in [0, 0.05) is 12.1 Å². The minimum Gasteiger partial charge on any atom is -0.437 e. The average molecular weight is 436 g/mol. The van der Waals surface area contributed by atoms with E-state index in [1.165, 1.54) is 0 Å². The first-order valence-electron chi connectivity index (χ1n) is 10.8. The summed E-state index contributed by atoms with van der Waals surface area (Å²) in [5.41, 5.74) is 0. The van der Waals surface area contributed by atoms with E-state index in [-0.39, 0.29) is 25.0 Å². The van der Waals surface area contributed by atoms with Crippen LogP contribution >= 0.6 is 0 Å². The summed E-state index contributed by atoms with van der Waals surface area (Å²) in [6, 6.07) is -0.788. The highest BCUT2D eigenvalue weighted by Gasteiger charge is 2.42. The lowest BCUT2D eigenvalue weighted by Gasteiger charge is -2.37. The molecule has 0 spiro atoms. The van der Waals surface area contributed by atoms with Crippen molar-refractivity contribution in [1.82, 2.24) is 31.4 Å². The summed E-state index contributed by atoms with van der Waals surface area (Å²) in [7, 11) is 1.38.